The van der Waals surface area contributed by atoms with Crippen LogP contribution in [0.4, 0.5) is 5.69 Å². The Bertz CT molecular complexity index is 303. The number of rotatable bonds is 2. The molecule has 1 N–H and O–H groups in total. The lowest BCUT2D eigenvalue weighted by molar-refractivity contribution is 0.839. The Morgan fingerprint density at radius 2 is 1.85 bits per heavy atom. The molecule has 72 valence electrons. The lowest BCUT2D eigenvalue weighted by atomic mass is 10.0. The van der Waals surface area contributed by atoms with Crippen LogP contribution in [-0.4, -0.2) is 12.0 Å². The van der Waals surface area contributed by atoms with Crippen molar-refractivity contribution in [2.75, 3.05) is 12.4 Å². The van der Waals surface area contributed by atoms with Crippen LogP contribution in [0.25, 0.3) is 0 Å². The van der Waals surface area contributed by atoms with Crippen molar-refractivity contribution >= 4 is 5.69 Å². The fourth-order valence-corrected chi connectivity index (χ4v) is 1.58. The number of nitrogens with zero attached hydrogens (tertiary/aromatic N) is 1. The quantitative estimate of drug-likeness (QED) is 0.753. The molecular formula is C11H18N2. The highest BCUT2D eigenvalue weighted by Crippen LogP contribution is 2.23. The zero-order valence-corrected chi connectivity index (χ0v) is 9.10. The Hall–Kier alpha value is -1.05. The van der Waals surface area contributed by atoms with Crippen molar-refractivity contribution in [2.24, 2.45) is 0 Å². The van der Waals surface area contributed by atoms with E-state index in [1.54, 1.807) is 0 Å². The molecule has 1 aromatic heterocycles. The predicted octanol–water partition coefficient (Wildman–Crippen LogP) is 2.86. The first kappa shape index (κ1) is 10.0. The van der Waals surface area contributed by atoms with Gasteiger partial charge in [0.05, 0.1) is 11.4 Å². The predicted molar refractivity (Wildman–Crippen MR) is 57.3 cm³/mol. The van der Waals surface area contributed by atoms with Gasteiger partial charge in [0, 0.05) is 12.7 Å². The molecule has 0 aliphatic heterocycles. The highest BCUT2D eigenvalue weighted by atomic mass is 14.9. The summed E-state index contributed by atoms with van der Waals surface area (Å²) >= 11 is 0. The van der Waals surface area contributed by atoms with E-state index in [1.807, 2.05) is 14.0 Å². The molecule has 0 saturated carbocycles. The van der Waals surface area contributed by atoms with Crippen LogP contribution in [-0.2, 0) is 0 Å². The van der Waals surface area contributed by atoms with E-state index in [9.17, 15) is 0 Å². The second-order valence-electron chi connectivity index (χ2n) is 3.70. The van der Waals surface area contributed by atoms with Gasteiger partial charge >= 0.3 is 0 Å². The van der Waals surface area contributed by atoms with Crippen molar-refractivity contribution in [3.63, 3.8) is 0 Å². The second-order valence-corrected chi connectivity index (χ2v) is 3.70. The summed E-state index contributed by atoms with van der Waals surface area (Å²) in [7, 11) is 1.93. The molecule has 1 rings (SSSR count). The molecule has 0 fully saturated rings. The summed E-state index contributed by atoms with van der Waals surface area (Å²) in [5.41, 5.74) is 4.68. The van der Waals surface area contributed by atoms with E-state index >= 15 is 0 Å². The number of aromatic nitrogens is 1. The van der Waals surface area contributed by atoms with Gasteiger partial charge in [-0.05, 0) is 31.4 Å². The lowest BCUT2D eigenvalue weighted by Gasteiger charge is -2.13. The molecule has 0 unspecified atom stereocenters. The highest BCUT2D eigenvalue weighted by molar-refractivity contribution is 5.50. The number of anilines is 1. The smallest absolute Gasteiger partial charge is 0.0607 e. The summed E-state index contributed by atoms with van der Waals surface area (Å²) in [4.78, 5) is 4.50. The first-order valence-corrected chi connectivity index (χ1v) is 4.72. The molecule has 1 aromatic rings. The third kappa shape index (κ3) is 2.00. The third-order valence-corrected chi connectivity index (χ3v) is 2.33. The summed E-state index contributed by atoms with van der Waals surface area (Å²) in [6, 6.07) is 2.20. The molecule has 2 nitrogen and oxygen atoms in total. The second kappa shape index (κ2) is 3.77. The van der Waals surface area contributed by atoms with Gasteiger partial charge in [0.1, 0.15) is 0 Å². The van der Waals surface area contributed by atoms with Gasteiger partial charge in [-0.25, -0.2) is 0 Å². The molecule has 0 bridgehead atoms. The van der Waals surface area contributed by atoms with Crippen molar-refractivity contribution in [3.8, 4) is 0 Å². The number of aryl methyl sites for hydroxylation is 2. The average Bonchev–Trinajstić information content (AvgIpc) is 2.03. The monoisotopic (exact) mass is 178 g/mol. The van der Waals surface area contributed by atoms with Gasteiger partial charge in [-0.1, -0.05) is 13.8 Å². The minimum absolute atomic E-state index is 0.542. The van der Waals surface area contributed by atoms with E-state index < -0.39 is 0 Å². The van der Waals surface area contributed by atoms with Gasteiger partial charge in [-0.15, -0.1) is 0 Å². The standard InChI is InChI=1S/C11H18N2/c1-7(2)10-6-11(12-5)9(4)13-8(10)3/h6-7,12H,1-5H3. The lowest BCUT2D eigenvalue weighted by Crippen LogP contribution is -2.01. The van der Waals surface area contributed by atoms with Crippen LogP contribution in [0, 0.1) is 13.8 Å². The van der Waals surface area contributed by atoms with Gasteiger partial charge in [0.15, 0.2) is 0 Å². The molecule has 0 radical (unpaired) electrons. The Kier molecular flexibility index (Phi) is 2.91. The number of hydrogen-bond donors (Lipinski definition) is 1. The zero-order valence-electron chi connectivity index (χ0n) is 9.10. The third-order valence-electron chi connectivity index (χ3n) is 2.33. The van der Waals surface area contributed by atoms with Crippen LogP contribution in [0.3, 0.4) is 0 Å². The highest BCUT2D eigenvalue weighted by Gasteiger charge is 2.07. The van der Waals surface area contributed by atoms with Crippen molar-refractivity contribution in [1.82, 2.24) is 4.98 Å². The van der Waals surface area contributed by atoms with Gasteiger partial charge in [0.2, 0.25) is 0 Å². The normalized spacial score (nSPS) is 10.6. The van der Waals surface area contributed by atoms with Gasteiger partial charge in [0.25, 0.3) is 0 Å². The van der Waals surface area contributed by atoms with Gasteiger partial charge in [-0.2, -0.15) is 0 Å². The summed E-state index contributed by atoms with van der Waals surface area (Å²) in [5, 5.41) is 3.16. The minimum Gasteiger partial charge on any atom is -0.387 e. The SMILES string of the molecule is CNc1cc(C(C)C)c(C)nc1C. The Morgan fingerprint density at radius 3 is 2.31 bits per heavy atom. The van der Waals surface area contributed by atoms with E-state index in [1.165, 1.54) is 5.56 Å². The fraction of sp³-hybridized carbons (Fsp3) is 0.545. The van der Waals surface area contributed by atoms with E-state index in [0.717, 1.165) is 17.1 Å². The molecule has 0 amide bonds. The molecule has 1 heterocycles. The minimum atomic E-state index is 0.542. The number of hydrogen-bond acceptors (Lipinski definition) is 2. The molecular weight excluding hydrogens is 160 g/mol. The fourth-order valence-electron chi connectivity index (χ4n) is 1.58. The van der Waals surface area contributed by atoms with E-state index in [0.29, 0.717) is 5.92 Å². The average molecular weight is 178 g/mol. The molecule has 0 spiro atoms. The summed E-state index contributed by atoms with van der Waals surface area (Å²) in [6.07, 6.45) is 0. The topological polar surface area (TPSA) is 24.9 Å². The first-order chi connectivity index (χ1) is 6.06. The van der Waals surface area contributed by atoms with Crippen molar-refractivity contribution < 1.29 is 0 Å². The molecule has 0 saturated heterocycles. The van der Waals surface area contributed by atoms with Crippen LogP contribution in [0.1, 0.15) is 36.7 Å². The maximum Gasteiger partial charge on any atom is 0.0607 e. The van der Waals surface area contributed by atoms with Crippen LogP contribution in [0.15, 0.2) is 6.07 Å². The Labute approximate surface area is 80.4 Å². The van der Waals surface area contributed by atoms with E-state index in [-0.39, 0.29) is 0 Å². The van der Waals surface area contributed by atoms with Crippen LogP contribution >= 0.6 is 0 Å². The van der Waals surface area contributed by atoms with Crippen LogP contribution in [0.2, 0.25) is 0 Å². The van der Waals surface area contributed by atoms with Crippen LogP contribution < -0.4 is 5.32 Å². The first-order valence-electron chi connectivity index (χ1n) is 4.72. The van der Waals surface area contributed by atoms with Crippen molar-refractivity contribution in [1.29, 1.82) is 0 Å². The van der Waals surface area contributed by atoms with Crippen molar-refractivity contribution in [3.05, 3.63) is 23.0 Å². The molecule has 0 aliphatic rings. The van der Waals surface area contributed by atoms with E-state index in [2.05, 4.69) is 37.1 Å². The largest absolute Gasteiger partial charge is 0.387 e. The van der Waals surface area contributed by atoms with E-state index in [4.69, 9.17) is 0 Å². The van der Waals surface area contributed by atoms with Gasteiger partial charge in [-0.3, -0.25) is 4.98 Å². The summed E-state index contributed by atoms with van der Waals surface area (Å²) in [6.45, 7) is 8.49. The maximum absolute atomic E-state index is 4.50. The Balaban J connectivity index is 3.22. The van der Waals surface area contributed by atoms with Crippen molar-refractivity contribution in [2.45, 2.75) is 33.6 Å². The molecule has 0 aliphatic carbocycles. The van der Waals surface area contributed by atoms with Gasteiger partial charge < -0.3 is 5.32 Å². The molecule has 0 atom stereocenters. The molecule has 2 heteroatoms. The maximum atomic E-state index is 4.50. The summed E-state index contributed by atoms with van der Waals surface area (Å²) in [5.74, 6) is 0.542. The number of nitrogens with one attached hydrogen (secondary N) is 1. The van der Waals surface area contributed by atoms with Crippen LogP contribution in [0.5, 0.6) is 0 Å². The molecule has 13 heavy (non-hydrogen) atoms. The zero-order chi connectivity index (χ0) is 10.0. The Morgan fingerprint density at radius 1 is 1.23 bits per heavy atom. The summed E-state index contributed by atoms with van der Waals surface area (Å²) < 4.78 is 0. The molecule has 0 aromatic carbocycles. The number of pyridine rings is 1.